The molecule has 0 saturated carbocycles. The van der Waals surface area contributed by atoms with Crippen molar-refractivity contribution < 1.29 is 23.2 Å². The van der Waals surface area contributed by atoms with E-state index >= 15 is 0 Å². The number of anilines is 1. The average Bonchev–Trinajstić information content (AvgIpc) is 2.71. The number of likely N-dealkylation sites (N-methyl/N-ethyl adjacent to an activating group) is 1. The molecule has 1 unspecified atom stereocenters. The number of halogens is 2. The quantitative estimate of drug-likeness (QED) is 0.642. The number of amides is 1. The van der Waals surface area contributed by atoms with Crippen molar-refractivity contribution in [1.29, 1.82) is 0 Å². The van der Waals surface area contributed by atoms with Gasteiger partial charge in [0.25, 0.3) is 5.91 Å². The predicted molar refractivity (Wildman–Crippen MR) is 108 cm³/mol. The van der Waals surface area contributed by atoms with Crippen LogP contribution in [0.5, 0.6) is 5.75 Å². The molecule has 150 valence electrons. The maximum absolute atomic E-state index is 14.1. The number of benzene rings is 3. The van der Waals surface area contributed by atoms with Crippen LogP contribution in [-0.4, -0.2) is 20.1 Å². The summed E-state index contributed by atoms with van der Waals surface area (Å²) in [5.74, 6) is -0.855. The molecule has 0 spiro atoms. The molecule has 0 radical (unpaired) electrons. The van der Waals surface area contributed by atoms with Crippen molar-refractivity contribution >= 4 is 11.6 Å². The highest BCUT2D eigenvalue weighted by Crippen LogP contribution is 2.18. The molecule has 4 nitrogen and oxygen atoms in total. The SMILES string of the molecule is COc1ccc(C[NH+](C)[C@H](C(=O)Nc2ccc(F)cc2)c2ccccc2)cc1F. The van der Waals surface area contributed by atoms with Gasteiger partial charge >= 0.3 is 0 Å². The fourth-order valence-electron chi connectivity index (χ4n) is 3.30. The van der Waals surface area contributed by atoms with Gasteiger partial charge in [0.15, 0.2) is 17.6 Å². The van der Waals surface area contributed by atoms with Crippen LogP contribution < -0.4 is 15.0 Å². The van der Waals surface area contributed by atoms with Gasteiger partial charge in [0.2, 0.25) is 0 Å². The van der Waals surface area contributed by atoms with Gasteiger partial charge in [-0.2, -0.15) is 0 Å². The molecule has 2 N–H and O–H groups in total. The highest BCUT2D eigenvalue weighted by atomic mass is 19.1. The molecular formula is C23H23F2N2O2+. The fourth-order valence-corrected chi connectivity index (χ4v) is 3.30. The summed E-state index contributed by atoms with van der Waals surface area (Å²) in [4.78, 5) is 13.9. The van der Waals surface area contributed by atoms with Crippen LogP contribution in [0.1, 0.15) is 17.2 Å². The zero-order valence-corrected chi connectivity index (χ0v) is 16.3. The monoisotopic (exact) mass is 397 g/mol. The van der Waals surface area contributed by atoms with E-state index in [0.717, 1.165) is 16.0 Å². The summed E-state index contributed by atoms with van der Waals surface area (Å²) in [6, 6.07) is 19.3. The van der Waals surface area contributed by atoms with Crippen LogP contribution in [0, 0.1) is 11.6 Å². The van der Waals surface area contributed by atoms with Crippen LogP contribution in [0.15, 0.2) is 72.8 Å². The number of carbonyl (C=O) groups is 1. The second-order valence-corrected chi connectivity index (χ2v) is 6.83. The summed E-state index contributed by atoms with van der Waals surface area (Å²) in [6.45, 7) is 0.428. The summed E-state index contributed by atoms with van der Waals surface area (Å²) in [6.07, 6.45) is 0. The number of carbonyl (C=O) groups excluding carboxylic acids is 1. The van der Waals surface area contributed by atoms with Gasteiger partial charge < -0.3 is 15.0 Å². The minimum Gasteiger partial charge on any atom is -0.494 e. The Hall–Kier alpha value is -3.25. The van der Waals surface area contributed by atoms with Crippen molar-refractivity contribution in [2.24, 2.45) is 0 Å². The molecule has 29 heavy (non-hydrogen) atoms. The van der Waals surface area contributed by atoms with Gasteiger partial charge in [0.05, 0.1) is 14.2 Å². The lowest BCUT2D eigenvalue weighted by Crippen LogP contribution is -3.09. The summed E-state index contributed by atoms with van der Waals surface area (Å²) in [7, 11) is 3.30. The molecular weight excluding hydrogens is 374 g/mol. The first-order valence-electron chi connectivity index (χ1n) is 9.24. The number of quaternary nitrogens is 1. The fraction of sp³-hybridized carbons (Fsp3) is 0.174. The summed E-state index contributed by atoms with van der Waals surface area (Å²) >= 11 is 0. The van der Waals surface area contributed by atoms with E-state index in [-0.39, 0.29) is 17.5 Å². The molecule has 0 aliphatic carbocycles. The van der Waals surface area contributed by atoms with E-state index in [0.29, 0.717) is 12.2 Å². The van der Waals surface area contributed by atoms with Crippen molar-refractivity contribution in [2.45, 2.75) is 12.6 Å². The minimum absolute atomic E-state index is 0.181. The highest BCUT2D eigenvalue weighted by Gasteiger charge is 2.29. The first kappa shape index (κ1) is 20.5. The average molecular weight is 397 g/mol. The number of hydrogen-bond donors (Lipinski definition) is 2. The third-order valence-corrected chi connectivity index (χ3v) is 4.70. The van der Waals surface area contributed by atoms with Crippen LogP contribution in [-0.2, 0) is 11.3 Å². The summed E-state index contributed by atoms with van der Waals surface area (Å²) < 4.78 is 32.2. The van der Waals surface area contributed by atoms with E-state index in [9.17, 15) is 13.6 Å². The zero-order valence-electron chi connectivity index (χ0n) is 16.3. The van der Waals surface area contributed by atoms with Crippen LogP contribution in [0.25, 0.3) is 0 Å². The highest BCUT2D eigenvalue weighted by molar-refractivity contribution is 5.94. The van der Waals surface area contributed by atoms with Gasteiger partial charge in [-0.15, -0.1) is 0 Å². The maximum atomic E-state index is 14.1. The van der Waals surface area contributed by atoms with Gasteiger partial charge in [-0.3, -0.25) is 4.79 Å². The lowest BCUT2D eigenvalue weighted by molar-refractivity contribution is -0.915. The van der Waals surface area contributed by atoms with Crippen LogP contribution in [0.2, 0.25) is 0 Å². The van der Waals surface area contributed by atoms with Gasteiger partial charge in [0.1, 0.15) is 12.4 Å². The van der Waals surface area contributed by atoms with Crippen LogP contribution in [0.3, 0.4) is 0 Å². The molecule has 1 amide bonds. The topological polar surface area (TPSA) is 42.8 Å². The molecule has 0 aliphatic rings. The molecule has 3 aromatic carbocycles. The number of methoxy groups -OCH3 is 1. The van der Waals surface area contributed by atoms with Crippen LogP contribution in [0.4, 0.5) is 14.5 Å². The third-order valence-electron chi connectivity index (χ3n) is 4.70. The minimum atomic E-state index is -0.536. The predicted octanol–water partition coefficient (Wildman–Crippen LogP) is 3.37. The Morgan fingerprint density at radius 3 is 2.34 bits per heavy atom. The van der Waals surface area contributed by atoms with Gasteiger partial charge in [0, 0.05) is 16.8 Å². The zero-order chi connectivity index (χ0) is 20.8. The Morgan fingerprint density at radius 2 is 1.72 bits per heavy atom. The Labute approximate surface area is 168 Å². The van der Waals surface area contributed by atoms with E-state index in [1.807, 2.05) is 37.4 Å². The molecule has 3 aromatic rings. The Bertz CT molecular complexity index is 962. The largest absolute Gasteiger partial charge is 0.494 e. The van der Waals surface area contributed by atoms with E-state index in [4.69, 9.17) is 4.74 Å². The van der Waals surface area contributed by atoms with Crippen molar-refractivity contribution in [3.8, 4) is 5.75 Å². The number of ether oxygens (including phenoxy) is 1. The molecule has 0 fully saturated rings. The standard InChI is InChI=1S/C23H22F2N2O2/c1-27(15-16-8-13-21(29-2)20(25)14-16)22(17-6-4-3-5-7-17)23(28)26-19-11-9-18(24)10-12-19/h3-14,22H,15H2,1-2H3,(H,26,28)/p+1/t22-/m0/s1. The van der Waals surface area contributed by atoms with Crippen molar-refractivity contribution in [3.63, 3.8) is 0 Å². The van der Waals surface area contributed by atoms with Crippen molar-refractivity contribution in [3.05, 3.63) is 95.6 Å². The first-order valence-corrected chi connectivity index (χ1v) is 9.24. The lowest BCUT2D eigenvalue weighted by Gasteiger charge is -2.25. The molecule has 6 heteroatoms. The number of nitrogens with one attached hydrogen (secondary N) is 2. The normalized spacial score (nSPS) is 12.8. The first-order chi connectivity index (χ1) is 14.0. The number of hydrogen-bond acceptors (Lipinski definition) is 2. The summed E-state index contributed by atoms with van der Waals surface area (Å²) in [5.41, 5.74) is 2.09. The maximum Gasteiger partial charge on any atom is 0.287 e. The molecule has 0 bridgehead atoms. The van der Waals surface area contributed by atoms with Gasteiger partial charge in [-0.1, -0.05) is 30.3 Å². The molecule has 0 aliphatic heterocycles. The van der Waals surface area contributed by atoms with Gasteiger partial charge in [-0.25, -0.2) is 8.78 Å². The van der Waals surface area contributed by atoms with Crippen LogP contribution >= 0.6 is 0 Å². The van der Waals surface area contributed by atoms with E-state index in [1.165, 1.54) is 37.4 Å². The lowest BCUT2D eigenvalue weighted by atomic mass is 10.0. The molecule has 2 atom stereocenters. The second kappa shape index (κ2) is 9.30. The molecule has 0 heterocycles. The van der Waals surface area contributed by atoms with E-state index in [1.54, 1.807) is 12.1 Å². The van der Waals surface area contributed by atoms with Crippen molar-refractivity contribution in [2.75, 3.05) is 19.5 Å². The number of rotatable bonds is 7. The van der Waals surface area contributed by atoms with Gasteiger partial charge in [-0.05, 0) is 42.5 Å². The summed E-state index contributed by atoms with van der Waals surface area (Å²) in [5, 5.41) is 2.84. The van der Waals surface area contributed by atoms with E-state index < -0.39 is 11.9 Å². The molecule has 0 aromatic heterocycles. The van der Waals surface area contributed by atoms with E-state index in [2.05, 4.69) is 5.32 Å². The second-order valence-electron chi connectivity index (χ2n) is 6.83. The Kier molecular flexibility index (Phi) is 6.57. The Balaban J connectivity index is 1.83. The molecule has 0 saturated heterocycles. The van der Waals surface area contributed by atoms with Crippen molar-refractivity contribution in [1.82, 2.24) is 0 Å². The smallest absolute Gasteiger partial charge is 0.287 e. The Morgan fingerprint density at radius 1 is 1.03 bits per heavy atom. The third kappa shape index (κ3) is 5.18. The molecule has 3 rings (SSSR count).